The Morgan fingerprint density at radius 2 is 0.903 bits per heavy atom. The lowest BCUT2D eigenvalue weighted by molar-refractivity contribution is -0.302. The van der Waals surface area contributed by atoms with E-state index in [0.29, 0.717) is 19.4 Å². The molecule has 1 aliphatic heterocycles. The van der Waals surface area contributed by atoms with Gasteiger partial charge in [-0.05, 0) is 44.9 Å². The lowest BCUT2D eigenvalue weighted by Crippen LogP contribution is -2.60. The molecule has 0 aliphatic carbocycles. The highest BCUT2D eigenvalue weighted by Gasteiger charge is 2.44. The van der Waals surface area contributed by atoms with Crippen LogP contribution in [0.2, 0.25) is 0 Å². The minimum Gasteiger partial charge on any atom is -0.466 e. The molecule has 1 rings (SSSR count). The Balaban J connectivity index is 2.10. The first kappa shape index (κ1) is 68.2. The number of rotatable bonds is 53. The molecule has 1 amide bonds. The molecule has 11 heteroatoms. The quantitative estimate of drug-likeness (QED) is 0.0195. The molecular weight excluding hydrogens is 907 g/mol. The molecule has 0 saturated carbocycles. The van der Waals surface area contributed by atoms with Crippen molar-refractivity contribution in [2.75, 3.05) is 19.8 Å². The van der Waals surface area contributed by atoms with Gasteiger partial charge in [-0.15, -0.1) is 0 Å². The Kier molecular flexibility index (Phi) is 48.5. The fourth-order valence-electron chi connectivity index (χ4n) is 9.69. The first-order valence-electron chi connectivity index (χ1n) is 30.6. The second kappa shape index (κ2) is 51.3. The van der Waals surface area contributed by atoms with Crippen LogP contribution in [0, 0.1) is 0 Å². The predicted octanol–water partition coefficient (Wildman–Crippen LogP) is 14.1. The first-order valence-corrected chi connectivity index (χ1v) is 30.6. The van der Waals surface area contributed by atoms with Crippen LogP contribution < -0.4 is 5.32 Å². The van der Waals surface area contributed by atoms with E-state index >= 15 is 0 Å². The van der Waals surface area contributed by atoms with E-state index in [-0.39, 0.29) is 18.5 Å². The monoisotopic (exact) mass is 1020 g/mol. The molecule has 0 bridgehead atoms. The van der Waals surface area contributed by atoms with Gasteiger partial charge in [0.25, 0.3) is 0 Å². The summed E-state index contributed by atoms with van der Waals surface area (Å²) in [7, 11) is 0. The maximum absolute atomic E-state index is 13.0. The van der Waals surface area contributed by atoms with Crippen molar-refractivity contribution < 1.29 is 49.3 Å². The summed E-state index contributed by atoms with van der Waals surface area (Å²) in [6.07, 6.45) is 51.2. The predicted molar refractivity (Wildman–Crippen MR) is 297 cm³/mol. The van der Waals surface area contributed by atoms with Crippen molar-refractivity contribution in [2.24, 2.45) is 0 Å². The number of unbranched alkanes of at least 4 members (excludes halogenated alkanes) is 37. The van der Waals surface area contributed by atoms with Gasteiger partial charge in [-0.25, -0.2) is 0 Å². The third-order valence-electron chi connectivity index (χ3n) is 14.6. The number of ether oxygens (including phenoxy) is 3. The number of hydrogen-bond donors (Lipinski definition) is 6. The Labute approximate surface area is 441 Å². The molecule has 1 aliphatic rings. The normalized spacial score (nSPS) is 19.1. The standard InChI is InChI=1S/C61H115NO10/c1-3-5-7-9-11-13-15-16-24-28-31-35-39-43-47-54(64)53(52-71-61-60(69)59(68)58(67)55(51-63)72-61)62-56(65)48-44-40-36-32-29-25-22-20-18-17-19-21-23-26-30-34-38-42-46-50-70-57(66)49-45-41-37-33-27-14-12-10-8-6-4-2/h28,31,43,47,53-55,58-61,63-64,67-69H,3-27,29-30,32-42,44-46,48-52H2,1-2H3,(H,62,65)/b31-28+,47-43+. The SMILES string of the molecule is CCCCCCCCCC/C=C/CC/C=C/C(O)C(COC1OC(CO)C(O)C(O)C1O)NC(=O)CCCCCCCCCCCCCCCCCCCCCOC(=O)CCCCCCCCCCCCC. The Morgan fingerprint density at radius 3 is 1.38 bits per heavy atom. The molecule has 7 atom stereocenters. The van der Waals surface area contributed by atoms with Crippen LogP contribution >= 0.6 is 0 Å². The van der Waals surface area contributed by atoms with Gasteiger partial charge in [-0.2, -0.15) is 0 Å². The summed E-state index contributed by atoms with van der Waals surface area (Å²) < 4.78 is 16.7. The molecular formula is C61H115NO10. The van der Waals surface area contributed by atoms with Gasteiger partial charge >= 0.3 is 5.97 Å². The zero-order valence-electron chi connectivity index (χ0n) is 46.7. The Hall–Kier alpha value is -1.86. The average Bonchev–Trinajstić information content (AvgIpc) is 3.38. The van der Waals surface area contributed by atoms with Crippen LogP contribution in [0.4, 0.5) is 0 Å². The summed E-state index contributed by atoms with van der Waals surface area (Å²) in [5.74, 6) is -0.200. The lowest BCUT2D eigenvalue weighted by atomic mass is 9.99. The van der Waals surface area contributed by atoms with Crippen molar-refractivity contribution in [3.63, 3.8) is 0 Å². The van der Waals surface area contributed by atoms with Crippen LogP contribution in [-0.4, -0.2) is 100 Å². The number of aliphatic hydroxyl groups excluding tert-OH is 5. The largest absolute Gasteiger partial charge is 0.466 e. The average molecular weight is 1020 g/mol. The van der Waals surface area contributed by atoms with Crippen molar-refractivity contribution in [1.82, 2.24) is 5.32 Å². The number of carbonyl (C=O) groups is 2. The van der Waals surface area contributed by atoms with Crippen LogP contribution in [-0.2, 0) is 23.8 Å². The summed E-state index contributed by atoms with van der Waals surface area (Å²) >= 11 is 0. The van der Waals surface area contributed by atoms with Crippen LogP contribution in [0.1, 0.15) is 290 Å². The summed E-state index contributed by atoms with van der Waals surface area (Å²) in [5.41, 5.74) is 0. The highest BCUT2D eigenvalue weighted by atomic mass is 16.7. The molecule has 11 nitrogen and oxygen atoms in total. The number of hydrogen-bond acceptors (Lipinski definition) is 10. The van der Waals surface area contributed by atoms with Crippen molar-refractivity contribution in [3.05, 3.63) is 24.3 Å². The van der Waals surface area contributed by atoms with Crippen molar-refractivity contribution in [2.45, 2.75) is 333 Å². The zero-order valence-corrected chi connectivity index (χ0v) is 46.7. The van der Waals surface area contributed by atoms with Gasteiger partial charge in [0, 0.05) is 12.8 Å². The van der Waals surface area contributed by atoms with E-state index in [0.717, 1.165) is 64.2 Å². The number of allylic oxidation sites excluding steroid dienone is 3. The van der Waals surface area contributed by atoms with E-state index in [2.05, 4.69) is 31.3 Å². The van der Waals surface area contributed by atoms with Crippen LogP contribution in [0.3, 0.4) is 0 Å². The third-order valence-corrected chi connectivity index (χ3v) is 14.6. The molecule has 1 saturated heterocycles. The molecule has 0 aromatic rings. The second-order valence-electron chi connectivity index (χ2n) is 21.4. The van der Waals surface area contributed by atoms with Gasteiger partial charge in [0.2, 0.25) is 5.91 Å². The molecule has 7 unspecified atom stereocenters. The number of nitrogens with one attached hydrogen (secondary N) is 1. The molecule has 424 valence electrons. The topological polar surface area (TPSA) is 175 Å². The molecule has 1 fully saturated rings. The zero-order chi connectivity index (χ0) is 52.4. The summed E-state index contributed by atoms with van der Waals surface area (Å²) in [5, 5.41) is 54.4. The lowest BCUT2D eigenvalue weighted by Gasteiger charge is -2.40. The van der Waals surface area contributed by atoms with Gasteiger partial charge in [0.05, 0.1) is 32.0 Å². The molecule has 0 spiro atoms. The summed E-state index contributed by atoms with van der Waals surface area (Å²) in [6, 6.07) is -0.829. The highest BCUT2D eigenvalue weighted by molar-refractivity contribution is 5.76. The van der Waals surface area contributed by atoms with Gasteiger partial charge in [-0.1, -0.05) is 256 Å². The van der Waals surface area contributed by atoms with E-state index in [1.807, 2.05) is 6.08 Å². The minimum absolute atomic E-state index is 0.00638. The minimum atomic E-state index is -1.58. The molecule has 6 N–H and O–H groups in total. The van der Waals surface area contributed by atoms with Gasteiger partial charge in [0.15, 0.2) is 6.29 Å². The third kappa shape index (κ3) is 40.5. The van der Waals surface area contributed by atoms with Gasteiger partial charge in [-0.3, -0.25) is 9.59 Å². The maximum atomic E-state index is 13.0. The van der Waals surface area contributed by atoms with E-state index < -0.39 is 49.5 Å². The van der Waals surface area contributed by atoms with E-state index in [1.54, 1.807) is 6.08 Å². The van der Waals surface area contributed by atoms with E-state index in [9.17, 15) is 35.1 Å². The fraction of sp³-hybridized carbons (Fsp3) is 0.902. The number of amides is 1. The van der Waals surface area contributed by atoms with Gasteiger partial charge in [0.1, 0.15) is 24.4 Å². The fourth-order valence-corrected chi connectivity index (χ4v) is 9.69. The Morgan fingerprint density at radius 1 is 0.500 bits per heavy atom. The van der Waals surface area contributed by atoms with E-state index in [1.165, 1.54) is 199 Å². The summed E-state index contributed by atoms with van der Waals surface area (Å²) in [6.45, 7) is 4.32. The van der Waals surface area contributed by atoms with Crippen molar-refractivity contribution in [1.29, 1.82) is 0 Å². The van der Waals surface area contributed by atoms with Gasteiger partial charge < -0.3 is 45.1 Å². The van der Waals surface area contributed by atoms with Crippen molar-refractivity contribution >= 4 is 11.9 Å². The number of esters is 1. The first-order chi connectivity index (χ1) is 35.2. The molecule has 1 heterocycles. The summed E-state index contributed by atoms with van der Waals surface area (Å²) in [4.78, 5) is 25.1. The molecule has 0 radical (unpaired) electrons. The van der Waals surface area contributed by atoms with Crippen LogP contribution in [0.5, 0.6) is 0 Å². The van der Waals surface area contributed by atoms with Crippen LogP contribution in [0.15, 0.2) is 24.3 Å². The Bertz CT molecular complexity index is 1250. The molecule has 72 heavy (non-hydrogen) atoms. The second-order valence-corrected chi connectivity index (χ2v) is 21.4. The highest BCUT2D eigenvalue weighted by Crippen LogP contribution is 2.23. The van der Waals surface area contributed by atoms with Crippen molar-refractivity contribution in [3.8, 4) is 0 Å². The smallest absolute Gasteiger partial charge is 0.305 e. The molecule has 0 aromatic heterocycles. The number of aliphatic hydroxyl groups is 5. The number of carbonyl (C=O) groups excluding carboxylic acids is 2. The van der Waals surface area contributed by atoms with Crippen LogP contribution in [0.25, 0.3) is 0 Å². The molecule has 0 aromatic carbocycles. The van der Waals surface area contributed by atoms with E-state index in [4.69, 9.17) is 14.2 Å². The maximum Gasteiger partial charge on any atom is 0.305 e.